The molecule has 2 aromatic carbocycles. The molecule has 5 nitrogen and oxygen atoms in total. The third-order valence-corrected chi connectivity index (χ3v) is 4.76. The average Bonchev–Trinajstić information content (AvgIpc) is 2.66. The van der Waals surface area contributed by atoms with E-state index in [1.54, 1.807) is 0 Å². The highest BCUT2D eigenvalue weighted by Crippen LogP contribution is 2.26. The van der Waals surface area contributed by atoms with Crippen LogP contribution in [0.5, 0.6) is 0 Å². The van der Waals surface area contributed by atoms with Crippen LogP contribution in [0.1, 0.15) is 19.3 Å². The van der Waals surface area contributed by atoms with E-state index in [9.17, 15) is 0 Å². The minimum absolute atomic E-state index is 0.608. The second kappa shape index (κ2) is 5.37. The fourth-order valence-corrected chi connectivity index (χ4v) is 3.49. The van der Waals surface area contributed by atoms with Crippen LogP contribution < -0.4 is 4.90 Å². The summed E-state index contributed by atoms with van der Waals surface area (Å²) in [4.78, 5) is 12.0. The van der Waals surface area contributed by atoms with Crippen LogP contribution in [0.25, 0.3) is 33.1 Å². The van der Waals surface area contributed by atoms with E-state index >= 15 is 0 Å². The Morgan fingerprint density at radius 3 is 2.54 bits per heavy atom. The molecule has 24 heavy (non-hydrogen) atoms. The van der Waals surface area contributed by atoms with E-state index in [0.717, 1.165) is 40.5 Å². The SMILES string of the molecule is c1ccc2c(c1)nnc1nc3cc(N4CCCCC4)ccc3nc12. The van der Waals surface area contributed by atoms with Crippen LogP contribution in [0.3, 0.4) is 0 Å². The molecular weight excluding hydrogens is 298 g/mol. The van der Waals surface area contributed by atoms with E-state index in [1.807, 2.05) is 24.3 Å². The fraction of sp³-hybridized carbons (Fsp3) is 0.263. The van der Waals surface area contributed by atoms with E-state index < -0.39 is 0 Å². The zero-order valence-electron chi connectivity index (χ0n) is 13.3. The first-order valence-corrected chi connectivity index (χ1v) is 8.46. The molecule has 0 saturated carbocycles. The molecule has 0 amide bonds. The summed E-state index contributed by atoms with van der Waals surface area (Å²) in [5, 5.41) is 9.53. The number of anilines is 1. The summed E-state index contributed by atoms with van der Waals surface area (Å²) >= 11 is 0. The molecule has 5 heteroatoms. The van der Waals surface area contributed by atoms with Crippen LogP contribution >= 0.6 is 0 Å². The number of rotatable bonds is 1. The molecule has 2 aromatic heterocycles. The molecule has 0 unspecified atom stereocenters. The van der Waals surface area contributed by atoms with Gasteiger partial charge in [0, 0.05) is 24.2 Å². The van der Waals surface area contributed by atoms with Gasteiger partial charge in [0.2, 0.25) is 5.65 Å². The van der Waals surface area contributed by atoms with E-state index in [-0.39, 0.29) is 0 Å². The van der Waals surface area contributed by atoms with Crippen molar-refractivity contribution in [2.24, 2.45) is 0 Å². The molecule has 0 bridgehead atoms. The molecule has 1 saturated heterocycles. The number of fused-ring (bicyclic) bond motifs is 4. The van der Waals surface area contributed by atoms with Gasteiger partial charge in [-0.05, 0) is 43.5 Å². The van der Waals surface area contributed by atoms with Gasteiger partial charge in [0.05, 0.1) is 16.6 Å². The van der Waals surface area contributed by atoms with Gasteiger partial charge in [-0.2, -0.15) is 0 Å². The lowest BCUT2D eigenvalue weighted by atomic mass is 10.1. The number of aromatic nitrogens is 4. The molecule has 0 radical (unpaired) electrons. The lowest BCUT2D eigenvalue weighted by Crippen LogP contribution is -2.29. The van der Waals surface area contributed by atoms with Crippen molar-refractivity contribution < 1.29 is 0 Å². The summed E-state index contributed by atoms with van der Waals surface area (Å²) in [6.07, 6.45) is 3.86. The fourth-order valence-electron chi connectivity index (χ4n) is 3.49. The van der Waals surface area contributed by atoms with Crippen LogP contribution in [0, 0.1) is 0 Å². The first-order valence-electron chi connectivity index (χ1n) is 8.46. The maximum absolute atomic E-state index is 4.81. The number of hydrogen-bond donors (Lipinski definition) is 0. The molecule has 0 N–H and O–H groups in total. The van der Waals surface area contributed by atoms with Gasteiger partial charge in [-0.15, -0.1) is 10.2 Å². The van der Waals surface area contributed by atoms with Gasteiger partial charge in [-0.3, -0.25) is 0 Å². The summed E-state index contributed by atoms with van der Waals surface area (Å²) < 4.78 is 0. The summed E-state index contributed by atoms with van der Waals surface area (Å²) in [7, 11) is 0. The molecule has 1 aliphatic heterocycles. The van der Waals surface area contributed by atoms with Crippen molar-refractivity contribution in [3.8, 4) is 0 Å². The van der Waals surface area contributed by atoms with Crippen molar-refractivity contribution in [3.63, 3.8) is 0 Å². The Hall–Kier alpha value is -2.82. The zero-order chi connectivity index (χ0) is 15.9. The molecular formula is C19H17N5. The van der Waals surface area contributed by atoms with Gasteiger partial charge in [0.15, 0.2) is 0 Å². The van der Waals surface area contributed by atoms with Gasteiger partial charge < -0.3 is 4.90 Å². The van der Waals surface area contributed by atoms with Crippen LogP contribution in [0.15, 0.2) is 42.5 Å². The second-order valence-corrected chi connectivity index (χ2v) is 6.33. The third kappa shape index (κ3) is 2.16. The summed E-state index contributed by atoms with van der Waals surface area (Å²) in [6, 6.07) is 14.3. The summed E-state index contributed by atoms with van der Waals surface area (Å²) in [5.74, 6) is 0. The van der Waals surface area contributed by atoms with E-state index in [1.165, 1.54) is 24.9 Å². The lowest BCUT2D eigenvalue weighted by Gasteiger charge is -2.28. The Labute approximate surface area is 139 Å². The predicted molar refractivity (Wildman–Crippen MR) is 96.2 cm³/mol. The number of hydrogen-bond acceptors (Lipinski definition) is 5. The lowest BCUT2D eigenvalue weighted by molar-refractivity contribution is 0.578. The summed E-state index contributed by atoms with van der Waals surface area (Å²) in [6.45, 7) is 2.24. The molecule has 3 heterocycles. The van der Waals surface area contributed by atoms with Crippen molar-refractivity contribution in [2.45, 2.75) is 19.3 Å². The zero-order valence-corrected chi connectivity index (χ0v) is 13.3. The second-order valence-electron chi connectivity index (χ2n) is 6.33. The molecule has 4 aromatic rings. The topological polar surface area (TPSA) is 54.8 Å². The molecule has 1 fully saturated rings. The van der Waals surface area contributed by atoms with Crippen LogP contribution in [-0.4, -0.2) is 33.3 Å². The predicted octanol–water partition coefficient (Wildman–Crippen LogP) is 3.72. The first-order chi connectivity index (χ1) is 11.9. The van der Waals surface area contributed by atoms with Crippen molar-refractivity contribution in [1.29, 1.82) is 0 Å². The van der Waals surface area contributed by atoms with Gasteiger partial charge in [0.1, 0.15) is 5.52 Å². The standard InChI is InChI=1S/C19H17N5/c1-4-10-24(11-5-1)13-8-9-16-17(12-13)21-19-18(20-16)14-6-2-3-7-15(14)22-23-19/h2-3,6-9,12H,1,4-5,10-11H2. The Morgan fingerprint density at radius 1 is 0.750 bits per heavy atom. The van der Waals surface area contributed by atoms with Gasteiger partial charge in [-0.25, -0.2) is 9.97 Å². The normalized spacial score (nSPS) is 15.4. The monoisotopic (exact) mass is 315 g/mol. The van der Waals surface area contributed by atoms with E-state index in [2.05, 4.69) is 33.3 Å². The molecule has 1 aliphatic rings. The maximum atomic E-state index is 4.81. The van der Waals surface area contributed by atoms with Gasteiger partial charge >= 0.3 is 0 Å². The third-order valence-electron chi connectivity index (χ3n) is 4.76. The Morgan fingerprint density at radius 2 is 1.62 bits per heavy atom. The highest BCUT2D eigenvalue weighted by Gasteiger charge is 2.13. The minimum atomic E-state index is 0.608. The molecule has 0 aliphatic carbocycles. The quantitative estimate of drug-likeness (QED) is 0.396. The van der Waals surface area contributed by atoms with Crippen molar-refractivity contribution in [3.05, 3.63) is 42.5 Å². The Balaban J connectivity index is 1.70. The van der Waals surface area contributed by atoms with Crippen molar-refractivity contribution in [1.82, 2.24) is 20.2 Å². The smallest absolute Gasteiger partial charge is 0.201 e. The highest BCUT2D eigenvalue weighted by atomic mass is 15.1. The minimum Gasteiger partial charge on any atom is -0.371 e. The van der Waals surface area contributed by atoms with Crippen LogP contribution in [-0.2, 0) is 0 Å². The Kier molecular flexibility index (Phi) is 3.04. The van der Waals surface area contributed by atoms with E-state index in [0.29, 0.717) is 5.65 Å². The first kappa shape index (κ1) is 13.6. The molecule has 0 atom stereocenters. The van der Waals surface area contributed by atoms with Crippen molar-refractivity contribution >= 4 is 38.8 Å². The average molecular weight is 315 g/mol. The van der Waals surface area contributed by atoms with Crippen LogP contribution in [0.2, 0.25) is 0 Å². The van der Waals surface area contributed by atoms with Crippen LogP contribution in [0.4, 0.5) is 5.69 Å². The Bertz CT molecular complexity index is 1050. The maximum Gasteiger partial charge on any atom is 0.201 e. The van der Waals surface area contributed by atoms with Crippen molar-refractivity contribution in [2.75, 3.05) is 18.0 Å². The summed E-state index contributed by atoms with van der Waals surface area (Å²) in [5.41, 5.74) is 5.29. The number of nitrogens with zero attached hydrogens (tertiary/aromatic N) is 5. The largest absolute Gasteiger partial charge is 0.371 e. The van der Waals surface area contributed by atoms with E-state index in [4.69, 9.17) is 9.97 Å². The number of benzene rings is 2. The van der Waals surface area contributed by atoms with Gasteiger partial charge in [0.25, 0.3) is 0 Å². The number of piperidine rings is 1. The molecule has 5 rings (SSSR count). The molecule has 118 valence electrons. The van der Waals surface area contributed by atoms with Gasteiger partial charge in [-0.1, -0.05) is 18.2 Å². The molecule has 0 spiro atoms. The highest BCUT2D eigenvalue weighted by molar-refractivity contribution is 6.02.